The van der Waals surface area contributed by atoms with Gasteiger partial charge in [-0.15, -0.1) is 0 Å². The SMILES string of the molecule is Cc1ccc(C(=O)NC(C(=O)N2CCC(Oc3ccc(F)cc3F)CC2)C(C)C)cc1. The molecule has 5 nitrogen and oxygen atoms in total. The summed E-state index contributed by atoms with van der Waals surface area (Å²) in [5.74, 6) is -1.88. The fraction of sp³-hybridized carbons (Fsp3) is 0.417. The highest BCUT2D eigenvalue weighted by molar-refractivity contribution is 5.97. The van der Waals surface area contributed by atoms with Gasteiger partial charge >= 0.3 is 0 Å². The number of hydrogen-bond donors (Lipinski definition) is 1. The van der Waals surface area contributed by atoms with Crippen LogP contribution in [0.15, 0.2) is 42.5 Å². The van der Waals surface area contributed by atoms with E-state index in [2.05, 4.69) is 5.32 Å². The Hall–Kier alpha value is -2.96. The van der Waals surface area contributed by atoms with Crippen LogP contribution in [0.25, 0.3) is 0 Å². The number of piperidine rings is 1. The Morgan fingerprint density at radius 1 is 1.06 bits per heavy atom. The summed E-state index contributed by atoms with van der Waals surface area (Å²) in [6.07, 6.45) is 0.794. The third kappa shape index (κ3) is 5.81. The molecule has 0 aromatic heterocycles. The minimum atomic E-state index is -0.739. The van der Waals surface area contributed by atoms with Crippen LogP contribution in [0.4, 0.5) is 8.78 Å². The zero-order valence-electron chi connectivity index (χ0n) is 18.0. The summed E-state index contributed by atoms with van der Waals surface area (Å²) in [7, 11) is 0. The number of likely N-dealkylation sites (tertiary alicyclic amines) is 1. The zero-order valence-corrected chi connectivity index (χ0v) is 18.0. The van der Waals surface area contributed by atoms with Crippen molar-refractivity contribution < 1.29 is 23.1 Å². The molecule has 2 aromatic carbocycles. The highest BCUT2D eigenvalue weighted by Crippen LogP contribution is 2.23. The summed E-state index contributed by atoms with van der Waals surface area (Å²) in [6, 6.07) is 9.77. The molecule has 0 saturated carbocycles. The second-order valence-electron chi connectivity index (χ2n) is 8.28. The molecule has 3 rings (SSSR count). The smallest absolute Gasteiger partial charge is 0.251 e. The third-order valence-electron chi connectivity index (χ3n) is 5.47. The van der Waals surface area contributed by atoms with E-state index < -0.39 is 17.7 Å². The van der Waals surface area contributed by atoms with Gasteiger partial charge < -0.3 is 15.0 Å². The molecule has 0 radical (unpaired) electrons. The Labute approximate surface area is 181 Å². The lowest BCUT2D eigenvalue weighted by Gasteiger charge is -2.35. The van der Waals surface area contributed by atoms with Crippen molar-refractivity contribution in [3.63, 3.8) is 0 Å². The first kappa shape index (κ1) is 22.7. The van der Waals surface area contributed by atoms with E-state index in [-0.39, 0.29) is 29.6 Å². The molecule has 1 fully saturated rings. The highest BCUT2D eigenvalue weighted by atomic mass is 19.1. The monoisotopic (exact) mass is 430 g/mol. The van der Waals surface area contributed by atoms with Gasteiger partial charge in [-0.1, -0.05) is 31.5 Å². The summed E-state index contributed by atoms with van der Waals surface area (Å²) >= 11 is 0. The summed E-state index contributed by atoms with van der Waals surface area (Å²) in [6.45, 7) is 6.61. The normalized spacial score (nSPS) is 15.6. The van der Waals surface area contributed by atoms with Crippen molar-refractivity contribution in [1.82, 2.24) is 10.2 Å². The van der Waals surface area contributed by atoms with E-state index in [0.29, 0.717) is 31.5 Å². The number of carbonyl (C=O) groups excluding carboxylic acids is 2. The number of ether oxygens (including phenoxy) is 1. The molecule has 31 heavy (non-hydrogen) atoms. The lowest BCUT2D eigenvalue weighted by molar-refractivity contribution is -0.136. The molecule has 1 unspecified atom stereocenters. The molecular weight excluding hydrogens is 402 g/mol. The van der Waals surface area contributed by atoms with Crippen LogP contribution in [0.5, 0.6) is 5.75 Å². The van der Waals surface area contributed by atoms with Crippen LogP contribution in [0.2, 0.25) is 0 Å². The van der Waals surface area contributed by atoms with Gasteiger partial charge in [0.25, 0.3) is 5.91 Å². The molecule has 1 atom stereocenters. The molecule has 0 spiro atoms. The number of amides is 2. The van der Waals surface area contributed by atoms with Gasteiger partial charge in [0.2, 0.25) is 5.91 Å². The molecule has 1 N–H and O–H groups in total. The van der Waals surface area contributed by atoms with Crippen molar-refractivity contribution >= 4 is 11.8 Å². The third-order valence-corrected chi connectivity index (χ3v) is 5.47. The summed E-state index contributed by atoms with van der Waals surface area (Å²) < 4.78 is 32.5. The number of benzene rings is 2. The average molecular weight is 430 g/mol. The second-order valence-corrected chi connectivity index (χ2v) is 8.28. The molecule has 2 aromatic rings. The van der Waals surface area contributed by atoms with E-state index in [9.17, 15) is 18.4 Å². The van der Waals surface area contributed by atoms with Gasteiger partial charge in [0, 0.05) is 37.6 Å². The largest absolute Gasteiger partial charge is 0.487 e. The van der Waals surface area contributed by atoms with Crippen molar-refractivity contribution in [2.24, 2.45) is 5.92 Å². The van der Waals surface area contributed by atoms with E-state index in [0.717, 1.165) is 17.7 Å². The predicted molar refractivity (Wildman–Crippen MR) is 114 cm³/mol. The number of halogens is 2. The highest BCUT2D eigenvalue weighted by Gasteiger charge is 2.32. The topological polar surface area (TPSA) is 58.6 Å². The van der Waals surface area contributed by atoms with Gasteiger partial charge in [-0.3, -0.25) is 9.59 Å². The second kappa shape index (κ2) is 9.90. The number of carbonyl (C=O) groups is 2. The number of nitrogens with zero attached hydrogens (tertiary/aromatic N) is 1. The first-order chi connectivity index (χ1) is 14.7. The molecule has 1 heterocycles. The maximum Gasteiger partial charge on any atom is 0.251 e. The number of nitrogens with one attached hydrogen (secondary N) is 1. The van der Waals surface area contributed by atoms with E-state index >= 15 is 0 Å². The molecule has 1 saturated heterocycles. The number of aryl methyl sites for hydroxylation is 1. The fourth-order valence-electron chi connectivity index (χ4n) is 3.58. The first-order valence-electron chi connectivity index (χ1n) is 10.5. The molecule has 7 heteroatoms. The van der Waals surface area contributed by atoms with Crippen LogP contribution in [0, 0.1) is 24.5 Å². The van der Waals surface area contributed by atoms with Gasteiger partial charge in [-0.2, -0.15) is 0 Å². The maximum absolute atomic E-state index is 13.8. The van der Waals surface area contributed by atoms with E-state index in [4.69, 9.17) is 4.74 Å². The molecule has 2 amide bonds. The Bertz CT molecular complexity index is 923. The Morgan fingerprint density at radius 2 is 1.71 bits per heavy atom. The van der Waals surface area contributed by atoms with E-state index in [1.54, 1.807) is 17.0 Å². The van der Waals surface area contributed by atoms with Crippen LogP contribution >= 0.6 is 0 Å². The predicted octanol–water partition coefficient (Wildman–Crippen LogP) is 4.10. The Balaban J connectivity index is 1.58. The van der Waals surface area contributed by atoms with Crippen LogP contribution in [-0.4, -0.2) is 41.9 Å². The van der Waals surface area contributed by atoms with Crippen molar-refractivity contribution in [2.45, 2.75) is 45.8 Å². The minimum absolute atomic E-state index is 0.0107. The first-order valence-corrected chi connectivity index (χ1v) is 10.5. The minimum Gasteiger partial charge on any atom is -0.487 e. The fourth-order valence-corrected chi connectivity index (χ4v) is 3.58. The van der Waals surface area contributed by atoms with Crippen LogP contribution in [-0.2, 0) is 4.79 Å². The molecule has 1 aliphatic rings. The van der Waals surface area contributed by atoms with Gasteiger partial charge in [0.05, 0.1) is 0 Å². The van der Waals surface area contributed by atoms with Crippen LogP contribution < -0.4 is 10.1 Å². The van der Waals surface area contributed by atoms with Crippen molar-refractivity contribution in [3.8, 4) is 5.75 Å². The molecule has 166 valence electrons. The molecular formula is C24H28F2N2O3. The summed E-state index contributed by atoms with van der Waals surface area (Å²) in [5.41, 5.74) is 1.57. The molecule has 1 aliphatic heterocycles. The average Bonchev–Trinajstić information content (AvgIpc) is 2.74. The lowest BCUT2D eigenvalue weighted by Crippen LogP contribution is -2.53. The van der Waals surface area contributed by atoms with E-state index in [1.165, 1.54) is 6.07 Å². The maximum atomic E-state index is 13.8. The van der Waals surface area contributed by atoms with Crippen LogP contribution in [0.1, 0.15) is 42.6 Å². The summed E-state index contributed by atoms with van der Waals surface area (Å²) in [4.78, 5) is 27.4. The lowest BCUT2D eigenvalue weighted by atomic mass is 9.99. The van der Waals surface area contributed by atoms with Gasteiger partial charge in [0.1, 0.15) is 18.0 Å². The van der Waals surface area contributed by atoms with Crippen molar-refractivity contribution in [3.05, 3.63) is 65.2 Å². The molecule has 0 aliphatic carbocycles. The number of hydrogen-bond acceptors (Lipinski definition) is 3. The van der Waals surface area contributed by atoms with E-state index in [1.807, 2.05) is 32.9 Å². The Morgan fingerprint density at radius 3 is 2.29 bits per heavy atom. The Kier molecular flexibility index (Phi) is 7.25. The number of rotatable bonds is 6. The van der Waals surface area contributed by atoms with Crippen molar-refractivity contribution in [2.75, 3.05) is 13.1 Å². The van der Waals surface area contributed by atoms with Gasteiger partial charge in [0.15, 0.2) is 11.6 Å². The van der Waals surface area contributed by atoms with Gasteiger partial charge in [-0.05, 0) is 37.1 Å². The summed E-state index contributed by atoms with van der Waals surface area (Å²) in [5, 5.41) is 2.87. The van der Waals surface area contributed by atoms with Crippen molar-refractivity contribution in [1.29, 1.82) is 0 Å². The zero-order chi connectivity index (χ0) is 22.5. The van der Waals surface area contributed by atoms with Gasteiger partial charge in [-0.25, -0.2) is 8.78 Å². The molecule has 0 bridgehead atoms. The quantitative estimate of drug-likeness (QED) is 0.751. The standard InChI is InChI=1S/C24H28F2N2O3/c1-15(2)22(27-23(29)17-6-4-16(3)5-7-17)24(30)28-12-10-19(11-13-28)31-21-9-8-18(25)14-20(21)26/h4-9,14-15,19,22H,10-13H2,1-3H3,(H,27,29). The van der Waals surface area contributed by atoms with Crippen LogP contribution in [0.3, 0.4) is 0 Å².